The number of halogens is 2. The first-order valence-corrected chi connectivity index (χ1v) is 10.4. The average Bonchev–Trinajstić information content (AvgIpc) is 2.77. The van der Waals surface area contributed by atoms with Gasteiger partial charge in [-0.15, -0.1) is 0 Å². The molecule has 1 atom stereocenters. The molecule has 10 heteroatoms. The van der Waals surface area contributed by atoms with E-state index in [0.717, 1.165) is 0 Å². The molecule has 0 aliphatic rings. The maximum absolute atomic E-state index is 12.7. The van der Waals surface area contributed by atoms with E-state index in [1.54, 1.807) is 12.1 Å². The van der Waals surface area contributed by atoms with Gasteiger partial charge in [0.1, 0.15) is 6.04 Å². The maximum Gasteiger partial charge on any atom is 0.262 e. The normalized spacial score (nSPS) is 11.9. The Morgan fingerprint density at radius 2 is 1.59 bits per heavy atom. The van der Waals surface area contributed by atoms with E-state index in [2.05, 4.69) is 15.8 Å². The summed E-state index contributed by atoms with van der Waals surface area (Å²) in [4.78, 5) is 25.2. The minimum absolute atomic E-state index is 0.196. The van der Waals surface area contributed by atoms with Gasteiger partial charge >= 0.3 is 0 Å². The van der Waals surface area contributed by atoms with Crippen LogP contribution in [0.25, 0.3) is 0 Å². The SMILES string of the molecule is COc1cc(C=NNC(=O)C(NC(=O)c2ccc(Cl)c(Cl)c2)C(C)C)cc(OC)c1OC. The molecule has 0 aliphatic carbocycles. The monoisotopic (exact) mass is 481 g/mol. The number of amides is 2. The lowest BCUT2D eigenvalue weighted by Gasteiger charge is -2.20. The highest BCUT2D eigenvalue weighted by Crippen LogP contribution is 2.37. The molecule has 0 radical (unpaired) electrons. The predicted molar refractivity (Wildman–Crippen MR) is 124 cm³/mol. The molecule has 172 valence electrons. The van der Waals surface area contributed by atoms with Crippen molar-refractivity contribution in [3.63, 3.8) is 0 Å². The molecular formula is C22H25Cl2N3O5. The van der Waals surface area contributed by atoms with Crippen molar-refractivity contribution < 1.29 is 23.8 Å². The van der Waals surface area contributed by atoms with E-state index in [1.165, 1.54) is 45.7 Å². The summed E-state index contributed by atoms with van der Waals surface area (Å²) in [5.41, 5.74) is 3.35. The molecule has 1 unspecified atom stereocenters. The van der Waals surface area contributed by atoms with Crippen LogP contribution in [-0.2, 0) is 4.79 Å². The Morgan fingerprint density at radius 1 is 0.969 bits per heavy atom. The summed E-state index contributed by atoms with van der Waals surface area (Å²) in [6, 6.07) is 7.03. The Hall–Kier alpha value is -2.97. The Labute approximate surface area is 196 Å². The number of carbonyl (C=O) groups is 2. The zero-order chi connectivity index (χ0) is 23.8. The van der Waals surface area contributed by atoms with Gasteiger partial charge in [0.25, 0.3) is 11.8 Å². The molecule has 0 aliphatic heterocycles. The molecule has 2 N–H and O–H groups in total. The van der Waals surface area contributed by atoms with Crippen LogP contribution in [0.4, 0.5) is 0 Å². The van der Waals surface area contributed by atoms with Gasteiger partial charge in [0.2, 0.25) is 5.75 Å². The highest BCUT2D eigenvalue weighted by molar-refractivity contribution is 6.42. The molecule has 0 spiro atoms. The number of carbonyl (C=O) groups excluding carboxylic acids is 2. The highest BCUT2D eigenvalue weighted by Gasteiger charge is 2.25. The number of ether oxygens (including phenoxy) is 3. The van der Waals surface area contributed by atoms with Crippen molar-refractivity contribution in [3.8, 4) is 17.2 Å². The van der Waals surface area contributed by atoms with Crippen molar-refractivity contribution >= 4 is 41.2 Å². The van der Waals surface area contributed by atoms with Crippen molar-refractivity contribution in [1.82, 2.24) is 10.7 Å². The van der Waals surface area contributed by atoms with E-state index in [4.69, 9.17) is 37.4 Å². The van der Waals surface area contributed by atoms with Gasteiger partial charge in [-0.1, -0.05) is 37.0 Å². The van der Waals surface area contributed by atoms with Gasteiger partial charge < -0.3 is 19.5 Å². The summed E-state index contributed by atoms with van der Waals surface area (Å²) in [7, 11) is 4.51. The van der Waals surface area contributed by atoms with E-state index < -0.39 is 17.9 Å². The number of hydrazone groups is 1. The fraction of sp³-hybridized carbons (Fsp3) is 0.318. The molecule has 32 heavy (non-hydrogen) atoms. The number of rotatable bonds is 9. The van der Waals surface area contributed by atoms with Crippen molar-refractivity contribution in [3.05, 3.63) is 51.5 Å². The molecule has 2 rings (SSSR count). The molecule has 0 heterocycles. The molecule has 0 bridgehead atoms. The van der Waals surface area contributed by atoms with Crippen LogP contribution in [0.15, 0.2) is 35.4 Å². The van der Waals surface area contributed by atoms with Gasteiger partial charge in [0.05, 0.1) is 37.6 Å². The highest BCUT2D eigenvalue weighted by atomic mass is 35.5. The van der Waals surface area contributed by atoms with E-state index in [-0.39, 0.29) is 10.9 Å². The number of hydrogen-bond donors (Lipinski definition) is 2. The molecule has 0 fully saturated rings. The van der Waals surface area contributed by atoms with E-state index in [9.17, 15) is 9.59 Å². The maximum atomic E-state index is 12.7. The number of nitrogens with one attached hydrogen (secondary N) is 2. The Morgan fingerprint density at radius 3 is 2.09 bits per heavy atom. The standard InChI is InChI=1S/C22H25Cl2N3O5/c1-12(2)19(26-21(28)14-6-7-15(23)16(24)10-14)22(29)27-25-11-13-8-17(30-3)20(32-5)18(9-13)31-4/h6-12,19H,1-5H3,(H,26,28)(H,27,29). The van der Waals surface area contributed by atoms with Crippen molar-refractivity contribution in [1.29, 1.82) is 0 Å². The minimum Gasteiger partial charge on any atom is -0.493 e. The van der Waals surface area contributed by atoms with E-state index in [0.29, 0.717) is 33.4 Å². The van der Waals surface area contributed by atoms with Crippen LogP contribution in [0.3, 0.4) is 0 Å². The molecule has 2 aromatic carbocycles. The summed E-state index contributed by atoms with van der Waals surface area (Å²) in [5.74, 6) is 0.226. The van der Waals surface area contributed by atoms with Crippen LogP contribution in [0.1, 0.15) is 29.8 Å². The van der Waals surface area contributed by atoms with Gasteiger partial charge in [-0.3, -0.25) is 9.59 Å². The van der Waals surface area contributed by atoms with Gasteiger partial charge in [-0.2, -0.15) is 5.10 Å². The van der Waals surface area contributed by atoms with Crippen LogP contribution in [0.5, 0.6) is 17.2 Å². The smallest absolute Gasteiger partial charge is 0.262 e. The van der Waals surface area contributed by atoms with Gasteiger partial charge in [0, 0.05) is 11.1 Å². The first-order valence-electron chi connectivity index (χ1n) is 9.60. The lowest BCUT2D eigenvalue weighted by molar-refractivity contribution is -0.123. The van der Waals surface area contributed by atoms with Crippen molar-refractivity contribution in [2.75, 3.05) is 21.3 Å². The number of benzene rings is 2. The lowest BCUT2D eigenvalue weighted by Crippen LogP contribution is -2.48. The Balaban J connectivity index is 2.12. The van der Waals surface area contributed by atoms with Crippen molar-refractivity contribution in [2.45, 2.75) is 19.9 Å². The number of methoxy groups -OCH3 is 3. The third-order valence-electron chi connectivity index (χ3n) is 4.49. The largest absolute Gasteiger partial charge is 0.493 e. The molecule has 8 nitrogen and oxygen atoms in total. The first kappa shape index (κ1) is 25.3. The second-order valence-electron chi connectivity index (χ2n) is 7.02. The van der Waals surface area contributed by atoms with Gasteiger partial charge in [0.15, 0.2) is 11.5 Å². The molecular weight excluding hydrogens is 457 g/mol. The van der Waals surface area contributed by atoms with Crippen molar-refractivity contribution in [2.24, 2.45) is 11.0 Å². The predicted octanol–water partition coefficient (Wildman–Crippen LogP) is 3.92. The lowest BCUT2D eigenvalue weighted by atomic mass is 10.0. The molecule has 2 amide bonds. The average molecular weight is 482 g/mol. The zero-order valence-electron chi connectivity index (χ0n) is 18.4. The Bertz CT molecular complexity index is 986. The van der Waals surface area contributed by atoms with Gasteiger partial charge in [-0.05, 0) is 36.2 Å². The van der Waals surface area contributed by atoms with E-state index in [1.807, 2.05) is 13.8 Å². The topological polar surface area (TPSA) is 98.2 Å². The summed E-state index contributed by atoms with van der Waals surface area (Å²) in [6.07, 6.45) is 1.43. The number of nitrogens with zero attached hydrogens (tertiary/aromatic N) is 1. The fourth-order valence-corrected chi connectivity index (χ4v) is 3.11. The first-order chi connectivity index (χ1) is 15.2. The summed E-state index contributed by atoms with van der Waals surface area (Å²) in [5, 5.41) is 7.27. The minimum atomic E-state index is -0.825. The second kappa shape index (κ2) is 11.6. The molecule has 2 aromatic rings. The molecule has 0 saturated heterocycles. The third-order valence-corrected chi connectivity index (χ3v) is 5.23. The number of hydrogen-bond acceptors (Lipinski definition) is 6. The van der Waals surface area contributed by atoms with Crippen LogP contribution >= 0.6 is 23.2 Å². The Kier molecular flexibility index (Phi) is 9.16. The quantitative estimate of drug-likeness (QED) is 0.417. The van der Waals surface area contributed by atoms with Gasteiger partial charge in [-0.25, -0.2) is 5.43 Å². The molecule has 0 aromatic heterocycles. The van der Waals surface area contributed by atoms with Crippen LogP contribution in [-0.4, -0.2) is 45.4 Å². The third kappa shape index (κ3) is 6.27. The fourth-order valence-electron chi connectivity index (χ4n) is 2.81. The zero-order valence-corrected chi connectivity index (χ0v) is 19.9. The summed E-state index contributed by atoms with van der Waals surface area (Å²) < 4.78 is 15.9. The van der Waals surface area contributed by atoms with Crippen LogP contribution in [0, 0.1) is 5.92 Å². The second-order valence-corrected chi connectivity index (χ2v) is 7.83. The summed E-state index contributed by atoms with van der Waals surface area (Å²) in [6.45, 7) is 3.62. The van der Waals surface area contributed by atoms with Crippen LogP contribution < -0.4 is 25.0 Å². The van der Waals surface area contributed by atoms with Crippen LogP contribution in [0.2, 0.25) is 10.0 Å². The van der Waals surface area contributed by atoms with E-state index >= 15 is 0 Å². The molecule has 0 saturated carbocycles. The summed E-state index contributed by atoms with van der Waals surface area (Å²) >= 11 is 11.9.